The Balaban J connectivity index is 3.02. The largest absolute Gasteiger partial charge is 0.396 e. The lowest BCUT2D eigenvalue weighted by atomic mass is 10.3. The Hall–Kier alpha value is -1.89. The number of aryl methyl sites for hydroxylation is 1. The van der Waals surface area contributed by atoms with E-state index >= 15 is 0 Å². The third-order valence-corrected chi connectivity index (χ3v) is 3.03. The molecule has 1 amide bonds. The molecule has 0 saturated carbocycles. The van der Waals surface area contributed by atoms with Crippen LogP contribution in [0.4, 0.5) is 5.69 Å². The van der Waals surface area contributed by atoms with Crippen molar-refractivity contribution in [1.82, 2.24) is 9.47 Å². The van der Waals surface area contributed by atoms with E-state index in [4.69, 9.17) is 5.11 Å². The highest BCUT2D eigenvalue weighted by molar-refractivity contribution is 5.93. The molecule has 0 aliphatic heterocycles. The first-order chi connectivity index (χ1) is 9.54. The number of aliphatic hydroxyl groups is 1. The maximum absolute atomic E-state index is 12.4. The van der Waals surface area contributed by atoms with Crippen LogP contribution in [0.15, 0.2) is 12.3 Å². The first-order valence-electron chi connectivity index (χ1n) is 6.79. The molecule has 0 aliphatic rings. The van der Waals surface area contributed by atoms with Crippen LogP contribution in [0.25, 0.3) is 0 Å². The number of rotatable bonds is 8. The van der Waals surface area contributed by atoms with Gasteiger partial charge in [0.05, 0.1) is 11.1 Å². The van der Waals surface area contributed by atoms with Gasteiger partial charge in [0.15, 0.2) is 0 Å². The molecule has 0 saturated heterocycles. The molecule has 1 aromatic rings. The van der Waals surface area contributed by atoms with E-state index in [0.717, 1.165) is 6.42 Å². The van der Waals surface area contributed by atoms with Gasteiger partial charge in [-0.15, -0.1) is 0 Å². The Kier molecular flexibility index (Phi) is 6.17. The van der Waals surface area contributed by atoms with Crippen LogP contribution < -0.4 is 0 Å². The molecule has 1 aromatic heterocycles. The van der Waals surface area contributed by atoms with E-state index in [2.05, 4.69) is 0 Å². The molecule has 0 bridgehead atoms. The van der Waals surface area contributed by atoms with Crippen molar-refractivity contribution in [3.63, 3.8) is 0 Å². The average molecular weight is 283 g/mol. The number of nitro groups is 1. The number of aliphatic hydroxyl groups excluding tert-OH is 1. The molecule has 7 heteroatoms. The van der Waals surface area contributed by atoms with Crippen LogP contribution in [0.1, 0.15) is 37.2 Å². The van der Waals surface area contributed by atoms with Gasteiger partial charge in [-0.25, -0.2) is 0 Å². The second-order valence-electron chi connectivity index (χ2n) is 4.50. The Bertz CT molecular complexity index is 470. The Morgan fingerprint density at radius 3 is 2.70 bits per heavy atom. The zero-order valence-corrected chi connectivity index (χ0v) is 11.9. The second kappa shape index (κ2) is 7.64. The fourth-order valence-corrected chi connectivity index (χ4v) is 2.03. The summed E-state index contributed by atoms with van der Waals surface area (Å²) < 4.78 is 1.63. The fourth-order valence-electron chi connectivity index (χ4n) is 2.03. The van der Waals surface area contributed by atoms with Gasteiger partial charge in [-0.1, -0.05) is 6.92 Å². The van der Waals surface area contributed by atoms with Crippen molar-refractivity contribution in [1.29, 1.82) is 0 Å². The van der Waals surface area contributed by atoms with Crippen molar-refractivity contribution in [2.24, 2.45) is 0 Å². The summed E-state index contributed by atoms with van der Waals surface area (Å²) in [4.78, 5) is 24.3. The Morgan fingerprint density at radius 2 is 2.20 bits per heavy atom. The lowest BCUT2D eigenvalue weighted by molar-refractivity contribution is -0.384. The molecule has 1 rings (SSSR count). The fraction of sp³-hybridized carbons (Fsp3) is 0.615. The van der Waals surface area contributed by atoms with E-state index < -0.39 is 4.92 Å². The quantitative estimate of drug-likeness (QED) is 0.580. The number of nitrogens with zero attached hydrogens (tertiary/aromatic N) is 3. The van der Waals surface area contributed by atoms with Crippen molar-refractivity contribution in [2.75, 3.05) is 19.7 Å². The number of carbonyl (C=O) groups is 1. The summed E-state index contributed by atoms with van der Waals surface area (Å²) >= 11 is 0. The van der Waals surface area contributed by atoms with E-state index in [1.807, 2.05) is 13.8 Å². The molecule has 0 atom stereocenters. The minimum atomic E-state index is -0.493. The highest BCUT2D eigenvalue weighted by Crippen LogP contribution is 2.18. The van der Waals surface area contributed by atoms with Gasteiger partial charge in [0.2, 0.25) is 0 Å². The zero-order valence-electron chi connectivity index (χ0n) is 11.9. The van der Waals surface area contributed by atoms with Gasteiger partial charge < -0.3 is 14.6 Å². The number of carbonyl (C=O) groups excluding carboxylic acids is 1. The topological polar surface area (TPSA) is 88.6 Å². The molecule has 0 radical (unpaired) electrons. The highest BCUT2D eigenvalue weighted by atomic mass is 16.6. The zero-order chi connectivity index (χ0) is 15.1. The smallest absolute Gasteiger partial charge is 0.287 e. The molecule has 0 aliphatic carbocycles. The van der Waals surface area contributed by atoms with Crippen LogP contribution in [0, 0.1) is 10.1 Å². The van der Waals surface area contributed by atoms with E-state index in [1.54, 1.807) is 9.47 Å². The predicted octanol–water partition coefficient (Wildman–Crippen LogP) is 1.65. The summed E-state index contributed by atoms with van der Waals surface area (Å²) in [7, 11) is 0. The van der Waals surface area contributed by atoms with Gasteiger partial charge in [-0.3, -0.25) is 14.9 Å². The molecule has 0 aromatic carbocycles. The SMILES string of the molecule is CCCn1cc([N+](=O)[O-])cc1C(=O)N(CC)CCCO. The number of hydrogen-bond donors (Lipinski definition) is 1. The maximum Gasteiger partial charge on any atom is 0.287 e. The standard InChI is InChI=1S/C13H21N3O4/c1-3-6-15-10-11(16(19)20)9-12(15)13(18)14(4-2)7-5-8-17/h9-10,17H,3-8H2,1-2H3. The van der Waals surface area contributed by atoms with Gasteiger partial charge in [-0.2, -0.15) is 0 Å². The van der Waals surface area contributed by atoms with Gasteiger partial charge in [-0.05, 0) is 19.8 Å². The molecule has 1 N–H and O–H groups in total. The Labute approximate surface area is 118 Å². The third kappa shape index (κ3) is 3.80. The van der Waals surface area contributed by atoms with Crippen molar-refractivity contribution < 1.29 is 14.8 Å². The monoisotopic (exact) mass is 283 g/mol. The average Bonchev–Trinajstić information content (AvgIpc) is 2.84. The van der Waals surface area contributed by atoms with Crippen molar-refractivity contribution in [3.8, 4) is 0 Å². The van der Waals surface area contributed by atoms with Crippen LogP contribution in [0.2, 0.25) is 0 Å². The second-order valence-corrected chi connectivity index (χ2v) is 4.50. The van der Waals surface area contributed by atoms with Gasteiger partial charge >= 0.3 is 0 Å². The van der Waals surface area contributed by atoms with E-state index in [9.17, 15) is 14.9 Å². The van der Waals surface area contributed by atoms with Crippen molar-refractivity contribution in [2.45, 2.75) is 33.2 Å². The van der Waals surface area contributed by atoms with E-state index in [-0.39, 0.29) is 18.2 Å². The van der Waals surface area contributed by atoms with Crippen LogP contribution in [0.5, 0.6) is 0 Å². The molecule has 20 heavy (non-hydrogen) atoms. The summed E-state index contributed by atoms with van der Waals surface area (Å²) in [5.41, 5.74) is 0.262. The summed E-state index contributed by atoms with van der Waals surface area (Å²) in [6.07, 6.45) is 2.68. The highest BCUT2D eigenvalue weighted by Gasteiger charge is 2.22. The first-order valence-corrected chi connectivity index (χ1v) is 6.79. The van der Waals surface area contributed by atoms with Crippen LogP contribution in [-0.2, 0) is 6.54 Å². The minimum Gasteiger partial charge on any atom is -0.396 e. The van der Waals surface area contributed by atoms with Gasteiger partial charge in [0, 0.05) is 32.3 Å². The van der Waals surface area contributed by atoms with Crippen molar-refractivity contribution in [3.05, 3.63) is 28.1 Å². The number of aromatic nitrogens is 1. The van der Waals surface area contributed by atoms with Crippen LogP contribution >= 0.6 is 0 Å². The molecule has 0 unspecified atom stereocenters. The maximum atomic E-state index is 12.4. The molecule has 112 valence electrons. The summed E-state index contributed by atoms with van der Waals surface area (Å²) in [5, 5.41) is 19.7. The summed E-state index contributed by atoms with van der Waals surface area (Å²) in [6, 6.07) is 1.32. The van der Waals surface area contributed by atoms with Gasteiger partial charge in [0.25, 0.3) is 11.6 Å². The summed E-state index contributed by atoms with van der Waals surface area (Å²) in [5.74, 6) is -0.234. The Morgan fingerprint density at radius 1 is 1.50 bits per heavy atom. The van der Waals surface area contributed by atoms with Crippen LogP contribution in [0.3, 0.4) is 0 Å². The normalized spacial score (nSPS) is 10.6. The lowest BCUT2D eigenvalue weighted by Crippen LogP contribution is -2.33. The molecular formula is C13H21N3O4. The van der Waals surface area contributed by atoms with E-state index in [0.29, 0.717) is 31.7 Å². The third-order valence-electron chi connectivity index (χ3n) is 3.03. The van der Waals surface area contributed by atoms with Crippen LogP contribution in [-0.4, -0.2) is 45.1 Å². The molecule has 0 spiro atoms. The lowest BCUT2D eigenvalue weighted by Gasteiger charge is -2.21. The van der Waals surface area contributed by atoms with E-state index in [1.165, 1.54) is 12.3 Å². The molecule has 7 nitrogen and oxygen atoms in total. The molecular weight excluding hydrogens is 262 g/mol. The predicted molar refractivity (Wildman–Crippen MR) is 74.7 cm³/mol. The number of hydrogen-bond acceptors (Lipinski definition) is 4. The molecule has 1 heterocycles. The minimum absolute atomic E-state index is 0.0138. The summed E-state index contributed by atoms with van der Waals surface area (Å²) in [6.45, 7) is 5.31. The molecule has 0 fully saturated rings. The van der Waals surface area contributed by atoms with Crippen molar-refractivity contribution >= 4 is 11.6 Å². The van der Waals surface area contributed by atoms with Gasteiger partial charge in [0.1, 0.15) is 5.69 Å². The number of amides is 1. The first kappa shape index (κ1) is 16.2.